The van der Waals surface area contributed by atoms with E-state index < -0.39 is 11.6 Å². The van der Waals surface area contributed by atoms with Gasteiger partial charge in [0.1, 0.15) is 11.6 Å². The maximum Gasteiger partial charge on any atom is 0.347 e. The Morgan fingerprint density at radius 1 is 1.13 bits per heavy atom. The van der Waals surface area contributed by atoms with Crippen LogP contribution in [0.2, 0.25) is 0 Å². The second kappa shape index (κ2) is 8.38. The molecule has 0 saturated carbocycles. The summed E-state index contributed by atoms with van der Waals surface area (Å²) in [5.41, 5.74) is 1.01. The summed E-state index contributed by atoms with van der Waals surface area (Å²) in [7, 11) is 0. The molecule has 1 fully saturated rings. The zero-order valence-corrected chi connectivity index (χ0v) is 18.2. The standard InChI is InChI=1S/C24H24FNO4S/c1-24(2,23(28)29)30-22-19-13-17(27)7-8-18(19)20(14-3-5-16(25)6-4-14)21(26-22)15-9-11-31-12-10-15/h3-8,13,15,27H,9-12H2,1-2H3,(H,28,29). The van der Waals surface area contributed by atoms with Crippen LogP contribution in [-0.2, 0) is 4.79 Å². The largest absolute Gasteiger partial charge is 0.508 e. The van der Waals surface area contributed by atoms with Crippen molar-refractivity contribution < 1.29 is 24.1 Å². The average molecular weight is 442 g/mol. The van der Waals surface area contributed by atoms with E-state index in [1.54, 1.807) is 24.3 Å². The van der Waals surface area contributed by atoms with Gasteiger partial charge in [0.05, 0.1) is 5.69 Å². The van der Waals surface area contributed by atoms with Crippen LogP contribution in [0.25, 0.3) is 21.9 Å². The highest BCUT2D eigenvalue weighted by atomic mass is 32.2. The molecule has 2 aromatic carbocycles. The van der Waals surface area contributed by atoms with Gasteiger partial charge in [0.25, 0.3) is 0 Å². The van der Waals surface area contributed by atoms with Crippen molar-refractivity contribution in [3.05, 3.63) is 54.0 Å². The van der Waals surface area contributed by atoms with E-state index in [0.717, 1.165) is 46.6 Å². The van der Waals surface area contributed by atoms with Gasteiger partial charge in [0, 0.05) is 16.9 Å². The first-order chi connectivity index (χ1) is 14.8. The third-order valence-corrected chi connectivity index (χ3v) is 6.64. The van der Waals surface area contributed by atoms with Crippen molar-refractivity contribution >= 4 is 28.5 Å². The van der Waals surface area contributed by atoms with E-state index in [-0.39, 0.29) is 23.4 Å². The van der Waals surface area contributed by atoms with Crippen molar-refractivity contribution in [2.24, 2.45) is 0 Å². The van der Waals surface area contributed by atoms with Crippen LogP contribution < -0.4 is 4.74 Å². The Labute approximate surface area is 184 Å². The Kier molecular flexibility index (Phi) is 5.79. The molecule has 162 valence electrons. The molecule has 0 aliphatic carbocycles. The first-order valence-corrected chi connectivity index (χ1v) is 11.3. The van der Waals surface area contributed by atoms with Crippen LogP contribution >= 0.6 is 11.8 Å². The highest BCUT2D eigenvalue weighted by molar-refractivity contribution is 7.99. The second-order valence-electron chi connectivity index (χ2n) is 8.22. The quantitative estimate of drug-likeness (QED) is 0.537. The lowest BCUT2D eigenvalue weighted by molar-refractivity contribution is -0.152. The van der Waals surface area contributed by atoms with Gasteiger partial charge in [-0.05, 0) is 79.5 Å². The Hall–Kier alpha value is -2.80. The van der Waals surface area contributed by atoms with Gasteiger partial charge in [0.15, 0.2) is 0 Å². The minimum Gasteiger partial charge on any atom is -0.508 e. The highest BCUT2D eigenvalue weighted by Crippen LogP contribution is 2.43. The molecule has 1 saturated heterocycles. The van der Waals surface area contributed by atoms with Crippen molar-refractivity contribution in [2.45, 2.75) is 38.2 Å². The number of ether oxygens (including phenoxy) is 1. The van der Waals surface area contributed by atoms with E-state index in [2.05, 4.69) is 0 Å². The number of halogens is 1. The molecule has 1 aliphatic rings. The first-order valence-electron chi connectivity index (χ1n) is 10.2. The van der Waals surface area contributed by atoms with Crippen LogP contribution in [-0.4, -0.2) is 38.3 Å². The predicted molar refractivity (Wildman–Crippen MR) is 120 cm³/mol. The van der Waals surface area contributed by atoms with Crippen LogP contribution in [0.3, 0.4) is 0 Å². The minimum atomic E-state index is -1.50. The zero-order valence-electron chi connectivity index (χ0n) is 17.4. The van der Waals surface area contributed by atoms with E-state index in [0.29, 0.717) is 5.39 Å². The molecule has 7 heteroatoms. The number of benzene rings is 2. The van der Waals surface area contributed by atoms with E-state index >= 15 is 0 Å². The number of aliphatic carboxylic acids is 1. The predicted octanol–water partition coefficient (Wildman–Crippen LogP) is 5.60. The Morgan fingerprint density at radius 2 is 1.81 bits per heavy atom. The van der Waals surface area contributed by atoms with Crippen molar-refractivity contribution in [2.75, 3.05) is 11.5 Å². The number of carboxylic acid groups (broad SMARTS) is 1. The van der Waals surface area contributed by atoms with Gasteiger partial charge >= 0.3 is 5.97 Å². The molecule has 1 aromatic heterocycles. The van der Waals surface area contributed by atoms with Crippen molar-refractivity contribution in [1.29, 1.82) is 0 Å². The van der Waals surface area contributed by atoms with E-state index in [9.17, 15) is 19.4 Å². The number of nitrogens with zero attached hydrogens (tertiary/aromatic N) is 1. The smallest absolute Gasteiger partial charge is 0.347 e. The van der Waals surface area contributed by atoms with E-state index in [1.807, 2.05) is 11.8 Å². The lowest BCUT2D eigenvalue weighted by Crippen LogP contribution is -2.38. The van der Waals surface area contributed by atoms with Gasteiger partial charge in [-0.15, -0.1) is 0 Å². The summed E-state index contributed by atoms with van der Waals surface area (Å²) < 4.78 is 19.5. The topological polar surface area (TPSA) is 79.7 Å². The molecular formula is C24H24FNO4S. The van der Waals surface area contributed by atoms with Gasteiger partial charge in [0.2, 0.25) is 11.5 Å². The first kappa shape index (κ1) is 21.4. The summed E-state index contributed by atoms with van der Waals surface area (Å²) in [5, 5.41) is 21.0. The third kappa shape index (κ3) is 4.32. The highest BCUT2D eigenvalue weighted by Gasteiger charge is 2.32. The molecule has 0 radical (unpaired) electrons. The number of hydrogen-bond acceptors (Lipinski definition) is 5. The van der Waals surface area contributed by atoms with Crippen LogP contribution in [0, 0.1) is 5.82 Å². The maximum absolute atomic E-state index is 13.6. The SMILES string of the molecule is CC(C)(Oc1nc(C2CCSCC2)c(-c2ccc(F)cc2)c2ccc(O)cc12)C(=O)O. The van der Waals surface area contributed by atoms with Crippen molar-refractivity contribution in [3.8, 4) is 22.8 Å². The van der Waals surface area contributed by atoms with Crippen LogP contribution in [0.4, 0.5) is 4.39 Å². The molecule has 0 bridgehead atoms. The normalized spacial score (nSPS) is 15.2. The molecule has 31 heavy (non-hydrogen) atoms. The van der Waals surface area contributed by atoms with Gasteiger partial charge in [-0.1, -0.05) is 12.1 Å². The molecular weight excluding hydrogens is 417 g/mol. The van der Waals surface area contributed by atoms with Gasteiger partial charge < -0.3 is 14.9 Å². The fourth-order valence-electron chi connectivity index (χ4n) is 3.84. The Morgan fingerprint density at radius 3 is 2.45 bits per heavy atom. The van der Waals surface area contributed by atoms with E-state index in [1.165, 1.54) is 32.0 Å². The molecule has 1 aliphatic heterocycles. The molecule has 5 nitrogen and oxygen atoms in total. The molecule has 3 aromatic rings. The summed E-state index contributed by atoms with van der Waals surface area (Å²) in [5.74, 6) is 0.976. The van der Waals surface area contributed by atoms with Crippen molar-refractivity contribution in [1.82, 2.24) is 4.98 Å². The number of rotatable bonds is 5. The van der Waals surface area contributed by atoms with Crippen LogP contribution in [0.15, 0.2) is 42.5 Å². The molecule has 0 atom stereocenters. The Balaban J connectivity index is 2.00. The number of pyridine rings is 1. The molecule has 0 spiro atoms. The molecule has 0 unspecified atom stereocenters. The lowest BCUT2D eigenvalue weighted by Gasteiger charge is -2.27. The molecule has 4 rings (SSSR count). The number of carboxylic acids is 1. The number of aromatic hydroxyl groups is 1. The molecule has 0 amide bonds. The van der Waals surface area contributed by atoms with Crippen molar-refractivity contribution in [3.63, 3.8) is 0 Å². The zero-order chi connectivity index (χ0) is 22.2. The summed E-state index contributed by atoms with van der Waals surface area (Å²) in [6.07, 6.45) is 1.88. The summed E-state index contributed by atoms with van der Waals surface area (Å²) in [4.78, 5) is 16.5. The monoisotopic (exact) mass is 441 g/mol. The maximum atomic E-state index is 13.6. The summed E-state index contributed by atoms with van der Waals surface area (Å²) in [6.45, 7) is 2.94. The third-order valence-electron chi connectivity index (χ3n) is 5.59. The summed E-state index contributed by atoms with van der Waals surface area (Å²) >= 11 is 1.90. The fraction of sp³-hybridized carbons (Fsp3) is 0.333. The van der Waals surface area contributed by atoms with Crippen LogP contribution in [0.1, 0.15) is 38.3 Å². The lowest BCUT2D eigenvalue weighted by atomic mass is 9.88. The number of fused-ring (bicyclic) bond motifs is 1. The number of phenols is 1. The van der Waals surface area contributed by atoms with Gasteiger partial charge in [-0.3, -0.25) is 0 Å². The van der Waals surface area contributed by atoms with E-state index in [4.69, 9.17) is 9.72 Å². The summed E-state index contributed by atoms with van der Waals surface area (Å²) in [6, 6.07) is 11.2. The number of thioether (sulfide) groups is 1. The fourth-order valence-corrected chi connectivity index (χ4v) is 4.95. The number of phenolic OH excluding ortho intramolecular Hbond substituents is 1. The van der Waals surface area contributed by atoms with Crippen LogP contribution in [0.5, 0.6) is 11.6 Å². The Bertz CT molecular complexity index is 1120. The van der Waals surface area contributed by atoms with Gasteiger partial charge in [-0.25, -0.2) is 14.2 Å². The molecule has 2 heterocycles. The minimum absolute atomic E-state index is 0.0270. The van der Waals surface area contributed by atoms with Gasteiger partial charge in [-0.2, -0.15) is 11.8 Å². The second-order valence-corrected chi connectivity index (χ2v) is 9.44. The number of hydrogen-bond donors (Lipinski definition) is 2. The molecule has 2 N–H and O–H groups in total. The number of carbonyl (C=O) groups is 1. The average Bonchev–Trinajstić information content (AvgIpc) is 2.75. The number of aromatic nitrogens is 1.